The quantitative estimate of drug-likeness (QED) is 0.806. The average Bonchev–Trinajstić information content (AvgIpc) is 3.14. The topological polar surface area (TPSA) is 53.5 Å². The van der Waals surface area contributed by atoms with Gasteiger partial charge in [0.25, 0.3) is 5.91 Å². The lowest BCUT2D eigenvalue weighted by atomic mass is 10.1. The molecule has 0 unspecified atom stereocenters. The number of halogens is 3. The molecule has 1 aromatic rings. The molecule has 2 amide bonds. The molecule has 0 N–H and O–H groups in total. The highest BCUT2D eigenvalue weighted by Crippen LogP contribution is 2.29. The van der Waals surface area contributed by atoms with Crippen LogP contribution < -0.4 is 0 Å². The summed E-state index contributed by atoms with van der Waals surface area (Å²) in [4.78, 5) is 32.0. The number of hydrogen-bond donors (Lipinski definition) is 0. The zero-order valence-electron chi connectivity index (χ0n) is 14.7. The fourth-order valence-corrected chi connectivity index (χ4v) is 3.68. The lowest BCUT2D eigenvalue weighted by Crippen LogP contribution is -2.51. The van der Waals surface area contributed by atoms with Crippen molar-refractivity contribution in [2.24, 2.45) is 5.92 Å². The predicted octanol–water partition coefficient (Wildman–Crippen LogP) is 2.88. The number of pyridine rings is 1. The highest BCUT2D eigenvalue weighted by Gasteiger charge is 2.34. The van der Waals surface area contributed by atoms with Gasteiger partial charge < -0.3 is 9.80 Å². The van der Waals surface area contributed by atoms with Crippen LogP contribution in [0.2, 0.25) is 0 Å². The van der Waals surface area contributed by atoms with E-state index in [0.29, 0.717) is 26.2 Å². The van der Waals surface area contributed by atoms with Gasteiger partial charge in [0.15, 0.2) is 0 Å². The van der Waals surface area contributed by atoms with Gasteiger partial charge in [0.2, 0.25) is 5.91 Å². The number of hydrogen-bond acceptors (Lipinski definition) is 3. The number of carbonyl (C=O) groups excluding carboxylic acids is 2. The maximum atomic E-state index is 12.7. The van der Waals surface area contributed by atoms with E-state index in [1.165, 1.54) is 13.0 Å². The molecule has 142 valence electrons. The summed E-state index contributed by atoms with van der Waals surface area (Å²) in [5, 5.41) is 0. The Kier molecular flexibility index (Phi) is 5.20. The molecular formula is C18H22F3N3O2. The molecule has 0 bridgehead atoms. The summed E-state index contributed by atoms with van der Waals surface area (Å²) in [7, 11) is 0. The van der Waals surface area contributed by atoms with Crippen molar-refractivity contribution in [3.05, 3.63) is 29.1 Å². The molecule has 0 atom stereocenters. The predicted molar refractivity (Wildman–Crippen MR) is 88.4 cm³/mol. The normalized spacial score (nSPS) is 19.1. The Hall–Kier alpha value is -2.12. The Bertz CT molecular complexity index is 691. The first kappa shape index (κ1) is 18.7. The molecule has 1 aliphatic carbocycles. The summed E-state index contributed by atoms with van der Waals surface area (Å²) in [6.45, 7) is 3.11. The van der Waals surface area contributed by atoms with Crippen LogP contribution in [-0.2, 0) is 11.0 Å². The van der Waals surface area contributed by atoms with Gasteiger partial charge in [-0.25, -0.2) is 4.98 Å². The van der Waals surface area contributed by atoms with Gasteiger partial charge in [0.05, 0.1) is 11.3 Å². The van der Waals surface area contributed by atoms with E-state index in [-0.39, 0.29) is 29.0 Å². The van der Waals surface area contributed by atoms with Crippen molar-refractivity contribution >= 4 is 11.8 Å². The number of aromatic nitrogens is 1. The molecule has 0 aromatic carbocycles. The van der Waals surface area contributed by atoms with E-state index in [1.54, 1.807) is 9.80 Å². The molecular weight excluding hydrogens is 347 g/mol. The molecule has 1 aliphatic heterocycles. The third-order valence-electron chi connectivity index (χ3n) is 5.19. The van der Waals surface area contributed by atoms with Gasteiger partial charge in [-0.2, -0.15) is 13.2 Å². The van der Waals surface area contributed by atoms with Crippen LogP contribution in [0.25, 0.3) is 0 Å². The molecule has 3 rings (SSSR count). The smallest absolute Gasteiger partial charge is 0.339 e. The van der Waals surface area contributed by atoms with E-state index in [1.807, 2.05) is 0 Å². The Morgan fingerprint density at radius 3 is 2.15 bits per heavy atom. The lowest BCUT2D eigenvalue weighted by molar-refractivity contribution is -0.141. The van der Waals surface area contributed by atoms with E-state index in [9.17, 15) is 22.8 Å². The first-order valence-electron chi connectivity index (χ1n) is 8.90. The standard InChI is InChI=1S/C18H22F3N3O2/c1-12-14(6-7-15(22-12)18(19,20)21)17(26)24-10-8-23(9-11-24)16(25)13-4-2-3-5-13/h6-7,13H,2-5,8-11H2,1H3. The van der Waals surface area contributed by atoms with Crippen LogP contribution in [-0.4, -0.2) is 52.8 Å². The number of nitrogens with zero attached hydrogens (tertiary/aromatic N) is 3. The van der Waals surface area contributed by atoms with Crippen LogP contribution in [0.3, 0.4) is 0 Å². The Morgan fingerprint density at radius 1 is 1.04 bits per heavy atom. The SMILES string of the molecule is Cc1nc(C(F)(F)F)ccc1C(=O)N1CCN(C(=O)C2CCCC2)CC1. The van der Waals surface area contributed by atoms with Crippen LogP contribution in [0.15, 0.2) is 12.1 Å². The summed E-state index contributed by atoms with van der Waals surface area (Å²) < 4.78 is 38.1. The second kappa shape index (κ2) is 7.25. The van der Waals surface area contributed by atoms with Gasteiger partial charge in [-0.1, -0.05) is 12.8 Å². The van der Waals surface area contributed by atoms with Crippen molar-refractivity contribution in [2.45, 2.75) is 38.8 Å². The van der Waals surface area contributed by atoms with E-state index < -0.39 is 11.9 Å². The third-order valence-corrected chi connectivity index (χ3v) is 5.19. The average molecular weight is 369 g/mol. The van der Waals surface area contributed by atoms with Gasteiger partial charge in [-0.05, 0) is 31.9 Å². The zero-order chi connectivity index (χ0) is 18.9. The second-order valence-corrected chi connectivity index (χ2v) is 6.93. The van der Waals surface area contributed by atoms with Crippen LogP contribution >= 0.6 is 0 Å². The number of amides is 2. The second-order valence-electron chi connectivity index (χ2n) is 6.93. The third kappa shape index (κ3) is 3.83. The first-order valence-corrected chi connectivity index (χ1v) is 8.90. The molecule has 1 aromatic heterocycles. The van der Waals surface area contributed by atoms with Gasteiger partial charge in [0, 0.05) is 32.1 Å². The van der Waals surface area contributed by atoms with Crippen molar-refractivity contribution < 1.29 is 22.8 Å². The van der Waals surface area contributed by atoms with Crippen LogP contribution in [0.4, 0.5) is 13.2 Å². The Balaban J connectivity index is 1.62. The number of rotatable bonds is 2. The Morgan fingerprint density at radius 2 is 1.62 bits per heavy atom. The van der Waals surface area contributed by atoms with Crippen LogP contribution in [0, 0.1) is 12.8 Å². The molecule has 1 saturated carbocycles. The lowest BCUT2D eigenvalue weighted by Gasteiger charge is -2.36. The molecule has 26 heavy (non-hydrogen) atoms. The highest BCUT2D eigenvalue weighted by atomic mass is 19.4. The summed E-state index contributed by atoms with van der Waals surface area (Å²) in [6.07, 6.45) is -0.467. The van der Waals surface area contributed by atoms with Gasteiger partial charge in [-0.3, -0.25) is 9.59 Å². The summed E-state index contributed by atoms with van der Waals surface area (Å²) in [5.41, 5.74) is -0.763. The van der Waals surface area contributed by atoms with E-state index in [2.05, 4.69) is 4.98 Å². The maximum Gasteiger partial charge on any atom is 0.433 e. The molecule has 5 nitrogen and oxygen atoms in total. The summed E-state index contributed by atoms with van der Waals surface area (Å²) in [5.74, 6) is -0.0581. The van der Waals surface area contributed by atoms with Gasteiger partial charge in [0.1, 0.15) is 5.69 Å². The number of aryl methyl sites for hydroxylation is 1. The van der Waals surface area contributed by atoms with Gasteiger partial charge >= 0.3 is 6.18 Å². The minimum Gasteiger partial charge on any atom is -0.339 e. The van der Waals surface area contributed by atoms with Gasteiger partial charge in [-0.15, -0.1) is 0 Å². The molecule has 8 heteroatoms. The van der Waals surface area contributed by atoms with Crippen molar-refractivity contribution in [1.82, 2.24) is 14.8 Å². The number of carbonyl (C=O) groups is 2. The number of piperazine rings is 1. The van der Waals surface area contributed by atoms with E-state index >= 15 is 0 Å². The highest BCUT2D eigenvalue weighted by molar-refractivity contribution is 5.95. The fourth-order valence-electron chi connectivity index (χ4n) is 3.68. The molecule has 2 aliphatic rings. The molecule has 2 heterocycles. The molecule has 1 saturated heterocycles. The minimum absolute atomic E-state index is 0.0642. The minimum atomic E-state index is -4.53. The molecule has 0 spiro atoms. The number of alkyl halides is 3. The summed E-state index contributed by atoms with van der Waals surface area (Å²) in [6, 6.07) is 2.02. The molecule has 0 radical (unpaired) electrons. The Labute approximate surface area is 150 Å². The van der Waals surface area contributed by atoms with E-state index in [4.69, 9.17) is 0 Å². The molecule has 2 fully saturated rings. The first-order chi connectivity index (χ1) is 12.3. The zero-order valence-corrected chi connectivity index (χ0v) is 14.7. The largest absolute Gasteiger partial charge is 0.433 e. The van der Waals surface area contributed by atoms with Crippen LogP contribution in [0.5, 0.6) is 0 Å². The fraction of sp³-hybridized carbons (Fsp3) is 0.611. The monoisotopic (exact) mass is 369 g/mol. The van der Waals surface area contributed by atoms with Crippen molar-refractivity contribution in [3.63, 3.8) is 0 Å². The van der Waals surface area contributed by atoms with Crippen LogP contribution in [0.1, 0.15) is 47.4 Å². The maximum absolute atomic E-state index is 12.7. The van der Waals surface area contributed by atoms with Crippen molar-refractivity contribution in [2.75, 3.05) is 26.2 Å². The van der Waals surface area contributed by atoms with E-state index in [0.717, 1.165) is 31.7 Å². The summed E-state index contributed by atoms with van der Waals surface area (Å²) >= 11 is 0. The van der Waals surface area contributed by atoms with Crippen molar-refractivity contribution in [3.8, 4) is 0 Å². The van der Waals surface area contributed by atoms with Crippen molar-refractivity contribution in [1.29, 1.82) is 0 Å².